The average Bonchev–Trinajstić information content (AvgIpc) is 3.07. The molecule has 0 aliphatic carbocycles. The molecule has 134 valence electrons. The lowest BCUT2D eigenvalue weighted by atomic mass is 10.2. The number of nitrogens with zero attached hydrogens (tertiary/aromatic N) is 3. The molecule has 2 heterocycles. The Hall–Kier alpha value is -1.97. The monoisotopic (exact) mass is 381 g/mol. The highest BCUT2D eigenvalue weighted by Crippen LogP contribution is 2.31. The summed E-state index contributed by atoms with van der Waals surface area (Å²) in [5, 5.41) is 13.4. The lowest BCUT2D eigenvalue weighted by Gasteiger charge is -2.35. The number of benzene rings is 1. The Kier molecular flexibility index (Phi) is 5.07. The Morgan fingerprint density at radius 3 is 2.48 bits per heavy atom. The molecule has 0 radical (unpaired) electrons. The van der Waals surface area contributed by atoms with Crippen LogP contribution in [0.3, 0.4) is 0 Å². The molecule has 0 bridgehead atoms. The van der Waals surface area contributed by atoms with Crippen LogP contribution < -0.4 is 4.90 Å². The third-order valence-electron chi connectivity index (χ3n) is 4.24. The van der Waals surface area contributed by atoms with Gasteiger partial charge in [-0.2, -0.15) is 0 Å². The molecule has 1 aliphatic heterocycles. The minimum absolute atomic E-state index is 0.0284. The summed E-state index contributed by atoms with van der Waals surface area (Å²) in [6.45, 7) is 3.85. The number of nitro benzene ring substituents is 1. The molecule has 3 rings (SSSR count). The quantitative estimate of drug-likeness (QED) is 0.584. The Morgan fingerprint density at radius 1 is 1.20 bits per heavy atom. The zero-order valence-electron chi connectivity index (χ0n) is 13.8. The molecule has 0 atom stereocenters. The predicted molar refractivity (Wildman–Crippen MR) is 98.0 cm³/mol. The van der Waals surface area contributed by atoms with E-state index in [2.05, 4.69) is 16.3 Å². The fraction of sp³-hybridized carbons (Fsp3) is 0.375. The van der Waals surface area contributed by atoms with E-state index in [0.29, 0.717) is 18.8 Å². The van der Waals surface area contributed by atoms with Gasteiger partial charge in [-0.15, -0.1) is 11.3 Å². The van der Waals surface area contributed by atoms with Crippen LogP contribution in [0.15, 0.2) is 40.6 Å². The van der Waals surface area contributed by atoms with Crippen LogP contribution in [0.4, 0.5) is 11.4 Å². The van der Waals surface area contributed by atoms with Gasteiger partial charge in [0, 0.05) is 49.9 Å². The Morgan fingerprint density at radius 2 is 1.92 bits per heavy atom. The van der Waals surface area contributed by atoms with Crippen LogP contribution in [0, 0.1) is 10.1 Å². The summed E-state index contributed by atoms with van der Waals surface area (Å²) in [5.74, 6) is 0. The molecule has 9 heteroatoms. The number of rotatable bonds is 5. The highest BCUT2D eigenvalue weighted by atomic mass is 32.2. The number of thiophene rings is 1. The Balaban J connectivity index is 1.75. The third-order valence-corrected chi connectivity index (χ3v) is 6.22. The molecular weight excluding hydrogens is 362 g/mol. The van der Waals surface area contributed by atoms with Gasteiger partial charge in [0.15, 0.2) is 9.84 Å². The van der Waals surface area contributed by atoms with E-state index in [4.69, 9.17) is 0 Å². The maximum absolute atomic E-state index is 11.6. The SMILES string of the molecule is CS(=O)(=O)c1ccc(N2CCN(Cc3cccs3)CC2)c([N+](=O)[O-])c1. The van der Waals surface area contributed by atoms with Crippen LogP contribution in [-0.2, 0) is 16.4 Å². The minimum Gasteiger partial charge on any atom is -0.363 e. The molecule has 25 heavy (non-hydrogen) atoms. The summed E-state index contributed by atoms with van der Waals surface area (Å²) in [5.41, 5.74) is 0.322. The van der Waals surface area contributed by atoms with Gasteiger partial charge in [0.05, 0.1) is 9.82 Å². The van der Waals surface area contributed by atoms with E-state index in [9.17, 15) is 18.5 Å². The number of piperazine rings is 1. The normalized spacial score (nSPS) is 16.1. The van der Waals surface area contributed by atoms with E-state index >= 15 is 0 Å². The molecule has 0 spiro atoms. The van der Waals surface area contributed by atoms with E-state index in [1.54, 1.807) is 17.4 Å². The van der Waals surface area contributed by atoms with Crippen molar-refractivity contribution in [2.45, 2.75) is 11.4 Å². The molecule has 0 unspecified atom stereocenters. The van der Waals surface area contributed by atoms with Gasteiger partial charge in [-0.1, -0.05) is 6.07 Å². The molecular formula is C16H19N3O4S2. The molecule has 1 fully saturated rings. The standard InChI is InChI=1S/C16H19N3O4S2/c1-25(22,23)14-4-5-15(16(11-14)19(20)21)18-8-6-17(7-9-18)12-13-3-2-10-24-13/h2-5,10-11H,6-9,12H2,1H3. The van der Waals surface area contributed by atoms with Crippen molar-refractivity contribution in [2.75, 3.05) is 37.3 Å². The van der Waals surface area contributed by atoms with Crippen LogP contribution in [0.25, 0.3) is 0 Å². The van der Waals surface area contributed by atoms with Crippen molar-refractivity contribution in [3.05, 3.63) is 50.7 Å². The summed E-state index contributed by atoms with van der Waals surface area (Å²) in [4.78, 5) is 16.4. The summed E-state index contributed by atoms with van der Waals surface area (Å²) in [6, 6.07) is 8.27. The molecule has 0 N–H and O–H groups in total. The zero-order valence-corrected chi connectivity index (χ0v) is 15.4. The number of sulfone groups is 1. The summed E-state index contributed by atoms with van der Waals surface area (Å²) >= 11 is 1.72. The van der Waals surface area contributed by atoms with Gasteiger partial charge in [-0.05, 0) is 23.6 Å². The highest BCUT2D eigenvalue weighted by Gasteiger charge is 2.25. The van der Waals surface area contributed by atoms with Crippen LogP contribution in [0.2, 0.25) is 0 Å². The van der Waals surface area contributed by atoms with Crippen molar-refractivity contribution in [3.63, 3.8) is 0 Å². The first-order valence-electron chi connectivity index (χ1n) is 7.83. The van der Waals surface area contributed by atoms with Crippen molar-refractivity contribution < 1.29 is 13.3 Å². The van der Waals surface area contributed by atoms with E-state index in [0.717, 1.165) is 32.0 Å². The van der Waals surface area contributed by atoms with Gasteiger partial charge >= 0.3 is 0 Å². The van der Waals surface area contributed by atoms with Crippen molar-refractivity contribution >= 4 is 32.5 Å². The van der Waals surface area contributed by atoms with Gasteiger partial charge in [0.2, 0.25) is 0 Å². The summed E-state index contributed by atoms with van der Waals surface area (Å²) < 4.78 is 23.3. The first kappa shape index (κ1) is 17.8. The second-order valence-corrected chi connectivity index (χ2v) is 9.07. The summed E-state index contributed by atoms with van der Waals surface area (Å²) in [7, 11) is -3.47. The Bertz CT molecular complexity index is 858. The second-order valence-electron chi connectivity index (χ2n) is 6.02. The van der Waals surface area contributed by atoms with Crippen molar-refractivity contribution in [1.29, 1.82) is 0 Å². The molecule has 1 aliphatic rings. The van der Waals surface area contributed by atoms with Crippen LogP contribution in [-0.4, -0.2) is 50.7 Å². The third kappa shape index (κ3) is 4.17. The molecule has 7 nitrogen and oxygen atoms in total. The minimum atomic E-state index is -3.47. The maximum Gasteiger partial charge on any atom is 0.293 e. The van der Waals surface area contributed by atoms with Crippen molar-refractivity contribution in [1.82, 2.24) is 4.90 Å². The first-order chi connectivity index (χ1) is 11.8. The van der Waals surface area contributed by atoms with Crippen LogP contribution >= 0.6 is 11.3 Å². The summed E-state index contributed by atoms with van der Waals surface area (Å²) in [6.07, 6.45) is 1.05. The number of hydrogen-bond donors (Lipinski definition) is 0. The highest BCUT2D eigenvalue weighted by molar-refractivity contribution is 7.90. The van der Waals surface area contributed by atoms with E-state index in [1.807, 2.05) is 11.0 Å². The Labute approximate surface area is 150 Å². The predicted octanol–water partition coefficient (Wildman–Crippen LogP) is 2.38. The molecule has 0 amide bonds. The topological polar surface area (TPSA) is 83.8 Å². The van der Waals surface area contributed by atoms with Gasteiger partial charge in [0.1, 0.15) is 5.69 Å². The smallest absolute Gasteiger partial charge is 0.293 e. The number of hydrogen-bond acceptors (Lipinski definition) is 7. The lowest BCUT2D eigenvalue weighted by Crippen LogP contribution is -2.46. The molecule has 1 aromatic carbocycles. The lowest BCUT2D eigenvalue weighted by molar-refractivity contribution is -0.384. The first-order valence-corrected chi connectivity index (χ1v) is 10.6. The molecule has 0 saturated carbocycles. The molecule has 1 saturated heterocycles. The number of anilines is 1. The molecule has 2 aromatic rings. The van der Waals surface area contributed by atoms with Gasteiger partial charge < -0.3 is 4.90 Å². The average molecular weight is 381 g/mol. The van der Waals surface area contributed by atoms with Gasteiger partial charge in [-0.25, -0.2) is 8.42 Å². The van der Waals surface area contributed by atoms with E-state index < -0.39 is 14.8 Å². The maximum atomic E-state index is 11.6. The second kappa shape index (κ2) is 7.11. The van der Waals surface area contributed by atoms with E-state index in [1.165, 1.54) is 10.9 Å². The van der Waals surface area contributed by atoms with Gasteiger partial charge in [0.25, 0.3) is 5.69 Å². The number of nitro groups is 1. The van der Waals surface area contributed by atoms with Crippen LogP contribution in [0.5, 0.6) is 0 Å². The largest absolute Gasteiger partial charge is 0.363 e. The fourth-order valence-electron chi connectivity index (χ4n) is 2.92. The van der Waals surface area contributed by atoms with E-state index in [-0.39, 0.29) is 10.6 Å². The van der Waals surface area contributed by atoms with Crippen molar-refractivity contribution in [2.24, 2.45) is 0 Å². The van der Waals surface area contributed by atoms with Gasteiger partial charge in [-0.3, -0.25) is 15.0 Å². The van der Waals surface area contributed by atoms with Crippen molar-refractivity contribution in [3.8, 4) is 0 Å². The molecule has 1 aromatic heterocycles. The van der Waals surface area contributed by atoms with Crippen LogP contribution in [0.1, 0.15) is 4.88 Å². The fourth-order valence-corrected chi connectivity index (χ4v) is 4.30. The zero-order chi connectivity index (χ0) is 18.0.